The van der Waals surface area contributed by atoms with Gasteiger partial charge in [0.05, 0.1) is 23.3 Å². The molecule has 2 aromatic heterocycles. The van der Waals surface area contributed by atoms with Gasteiger partial charge in [-0.05, 0) is 88.4 Å². The first-order valence-electron chi connectivity index (χ1n) is 14.4. The van der Waals surface area contributed by atoms with Crippen molar-refractivity contribution in [2.24, 2.45) is 0 Å². The van der Waals surface area contributed by atoms with Crippen molar-refractivity contribution in [2.75, 3.05) is 13.2 Å². The molecular formula is C33H36N4O5. The van der Waals surface area contributed by atoms with Crippen molar-refractivity contribution >= 4 is 22.9 Å². The van der Waals surface area contributed by atoms with Gasteiger partial charge >= 0.3 is 6.09 Å². The number of carbonyl (C=O) groups excluding carboxylic acids is 2. The van der Waals surface area contributed by atoms with Gasteiger partial charge in [0.2, 0.25) is 0 Å². The van der Waals surface area contributed by atoms with Crippen LogP contribution in [-0.2, 0) is 10.3 Å². The Labute approximate surface area is 245 Å². The SMILES string of the molecule is Cc1ncc(-c2cc(C3(NC(=O)c4cc(OC[C@@H]5CCN5C(=O)OC(C)(C)C)ccc4C)CC3)c3cccnc3c2)o1. The van der Waals surface area contributed by atoms with E-state index in [4.69, 9.17) is 13.9 Å². The molecule has 2 aliphatic rings. The summed E-state index contributed by atoms with van der Waals surface area (Å²) < 4.78 is 17.4. The molecule has 3 heterocycles. The normalized spacial score (nSPS) is 17.5. The summed E-state index contributed by atoms with van der Waals surface area (Å²) in [5, 5.41) is 4.34. The van der Waals surface area contributed by atoms with Gasteiger partial charge in [0.25, 0.3) is 5.91 Å². The van der Waals surface area contributed by atoms with Crippen LogP contribution < -0.4 is 10.1 Å². The number of hydrogen-bond donors (Lipinski definition) is 1. The van der Waals surface area contributed by atoms with Crippen LogP contribution in [0.5, 0.6) is 5.75 Å². The summed E-state index contributed by atoms with van der Waals surface area (Å²) in [5.41, 5.74) is 3.08. The number of carbonyl (C=O) groups is 2. The maximum absolute atomic E-state index is 13.7. The standard InChI is InChI=1S/C33H36N4O5/c1-20-8-9-24(40-19-23-10-14-37(23)31(39)42-32(3,4)5)17-26(20)30(38)36-33(11-12-33)27-15-22(29-18-35-21(2)41-29)16-28-25(27)7-6-13-34-28/h6-9,13,15-18,23H,10-12,14,19H2,1-5H3,(H,36,38)/t23-/m0/s1. The molecule has 1 aliphatic carbocycles. The molecule has 4 aromatic rings. The molecule has 1 saturated carbocycles. The third kappa shape index (κ3) is 5.55. The maximum atomic E-state index is 13.7. The number of amides is 2. The first-order valence-corrected chi connectivity index (χ1v) is 14.4. The van der Waals surface area contributed by atoms with Gasteiger partial charge in [0.15, 0.2) is 11.7 Å². The van der Waals surface area contributed by atoms with E-state index in [0.717, 1.165) is 46.9 Å². The Kier molecular flexibility index (Phi) is 6.91. The second kappa shape index (κ2) is 10.5. The average molecular weight is 569 g/mol. The molecule has 1 aliphatic heterocycles. The molecule has 1 N–H and O–H groups in total. The molecule has 0 spiro atoms. The first-order chi connectivity index (χ1) is 20.0. The highest BCUT2D eigenvalue weighted by molar-refractivity contribution is 5.98. The lowest BCUT2D eigenvalue weighted by Gasteiger charge is -2.41. The van der Waals surface area contributed by atoms with Crippen LogP contribution in [0, 0.1) is 13.8 Å². The minimum atomic E-state index is -0.546. The Hall–Kier alpha value is -4.40. The average Bonchev–Trinajstić information content (AvgIpc) is 3.56. The van der Waals surface area contributed by atoms with E-state index < -0.39 is 11.1 Å². The van der Waals surface area contributed by atoms with Crippen molar-refractivity contribution in [3.8, 4) is 17.1 Å². The van der Waals surface area contributed by atoms with Crippen molar-refractivity contribution in [2.45, 2.75) is 71.1 Å². The molecule has 9 nitrogen and oxygen atoms in total. The molecule has 2 fully saturated rings. The highest BCUT2D eigenvalue weighted by atomic mass is 16.6. The van der Waals surface area contributed by atoms with E-state index in [1.165, 1.54) is 0 Å². The van der Waals surface area contributed by atoms with Crippen LogP contribution in [0.15, 0.2) is 59.3 Å². The fraction of sp³-hybridized carbons (Fsp3) is 0.394. The van der Waals surface area contributed by atoms with E-state index in [1.807, 2.05) is 65.0 Å². The number of pyridine rings is 1. The summed E-state index contributed by atoms with van der Waals surface area (Å²) in [7, 11) is 0. The molecule has 9 heteroatoms. The molecule has 42 heavy (non-hydrogen) atoms. The zero-order valence-electron chi connectivity index (χ0n) is 24.7. The zero-order valence-corrected chi connectivity index (χ0v) is 24.7. The number of likely N-dealkylation sites (tertiary alicyclic amines) is 1. The Morgan fingerprint density at radius 3 is 2.60 bits per heavy atom. The molecule has 218 valence electrons. The van der Waals surface area contributed by atoms with Crippen molar-refractivity contribution < 1.29 is 23.5 Å². The van der Waals surface area contributed by atoms with Crippen molar-refractivity contribution in [3.63, 3.8) is 0 Å². The summed E-state index contributed by atoms with van der Waals surface area (Å²) in [6.45, 7) is 10.3. The van der Waals surface area contributed by atoms with E-state index in [9.17, 15) is 9.59 Å². The van der Waals surface area contributed by atoms with Gasteiger partial charge in [0, 0.05) is 36.2 Å². The van der Waals surface area contributed by atoms with E-state index >= 15 is 0 Å². The molecule has 0 radical (unpaired) electrons. The van der Waals surface area contributed by atoms with Gasteiger partial charge in [-0.3, -0.25) is 9.78 Å². The number of rotatable bonds is 7. The number of aromatic nitrogens is 2. The van der Waals surface area contributed by atoms with Gasteiger partial charge in [-0.2, -0.15) is 0 Å². The number of benzene rings is 2. The number of aryl methyl sites for hydroxylation is 2. The van der Waals surface area contributed by atoms with Crippen LogP contribution in [-0.4, -0.2) is 51.7 Å². The predicted molar refractivity (Wildman–Crippen MR) is 158 cm³/mol. The first kappa shape index (κ1) is 27.8. The minimum absolute atomic E-state index is 0.0597. The number of nitrogens with one attached hydrogen (secondary N) is 1. The Morgan fingerprint density at radius 2 is 1.93 bits per heavy atom. The second-order valence-corrected chi connectivity index (χ2v) is 12.3. The van der Waals surface area contributed by atoms with E-state index in [-0.39, 0.29) is 18.0 Å². The topological polar surface area (TPSA) is 107 Å². The molecule has 6 rings (SSSR count). The van der Waals surface area contributed by atoms with Crippen LogP contribution in [0.2, 0.25) is 0 Å². The number of fused-ring (bicyclic) bond motifs is 1. The van der Waals surface area contributed by atoms with E-state index in [2.05, 4.69) is 21.4 Å². The van der Waals surface area contributed by atoms with Crippen LogP contribution in [0.3, 0.4) is 0 Å². The van der Waals surface area contributed by atoms with Crippen LogP contribution >= 0.6 is 0 Å². The third-order valence-corrected chi connectivity index (χ3v) is 7.91. The van der Waals surface area contributed by atoms with Crippen molar-refractivity contribution in [1.29, 1.82) is 0 Å². The summed E-state index contributed by atoms with van der Waals surface area (Å²) >= 11 is 0. The lowest BCUT2D eigenvalue weighted by Crippen LogP contribution is -2.55. The Balaban J connectivity index is 1.20. The molecule has 0 bridgehead atoms. The van der Waals surface area contributed by atoms with Crippen LogP contribution in [0.4, 0.5) is 4.79 Å². The summed E-state index contributed by atoms with van der Waals surface area (Å²) in [6, 6.07) is 13.5. The molecular weight excluding hydrogens is 532 g/mol. The fourth-order valence-electron chi connectivity index (χ4n) is 5.39. The highest BCUT2D eigenvalue weighted by Gasteiger charge is 2.47. The lowest BCUT2D eigenvalue weighted by atomic mass is 9.95. The van der Waals surface area contributed by atoms with Crippen LogP contribution in [0.1, 0.15) is 67.4 Å². The van der Waals surface area contributed by atoms with Crippen molar-refractivity contribution in [1.82, 2.24) is 20.2 Å². The van der Waals surface area contributed by atoms with Crippen molar-refractivity contribution in [3.05, 3.63) is 77.4 Å². The molecule has 1 saturated heterocycles. The summed E-state index contributed by atoms with van der Waals surface area (Å²) in [6.07, 6.45) is 5.64. The number of ether oxygens (including phenoxy) is 2. The lowest BCUT2D eigenvalue weighted by molar-refractivity contribution is -0.0141. The summed E-state index contributed by atoms with van der Waals surface area (Å²) in [4.78, 5) is 36.8. The molecule has 0 unspecified atom stereocenters. The number of oxazole rings is 1. The second-order valence-electron chi connectivity index (χ2n) is 12.3. The zero-order chi connectivity index (χ0) is 29.6. The van der Waals surface area contributed by atoms with E-state index in [0.29, 0.717) is 36.1 Å². The van der Waals surface area contributed by atoms with Gasteiger partial charge in [-0.1, -0.05) is 12.1 Å². The van der Waals surface area contributed by atoms with Gasteiger partial charge in [0.1, 0.15) is 18.0 Å². The Morgan fingerprint density at radius 1 is 1.12 bits per heavy atom. The monoisotopic (exact) mass is 568 g/mol. The minimum Gasteiger partial charge on any atom is -0.491 e. The number of hydrogen-bond acceptors (Lipinski definition) is 7. The van der Waals surface area contributed by atoms with Gasteiger partial charge in [-0.25, -0.2) is 9.78 Å². The van der Waals surface area contributed by atoms with E-state index in [1.54, 1.807) is 23.4 Å². The predicted octanol–water partition coefficient (Wildman–Crippen LogP) is 6.31. The number of nitrogens with zero attached hydrogens (tertiary/aromatic N) is 3. The van der Waals surface area contributed by atoms with Gasteiger partial charge in [-0.15, -0.1) is 0 Å². The fourth-order valence-corrected chi connectivity index (χ4v) is 5.39. The summed E-state index contributed by atoms with van der Waals surface area (Å²) in [5.74, 6) is 1.69. The van der Waals surface area contributed by atoms with Crippen LogP contribution in [0.25, 0.3) is 22.2 Å². The molecule has 1 atom stereocenters. The molecule has 2 aromatic carbocycles. The Bertz CT molecular complexity index is 1670. The quantitative estimate of drug-likeness (QED) is 0.278. The largest absolute Gasteiger partial charge is 0.491 e. The molecule has 2 amide bonds. The maximum Gasteiger partial charge on any atom is 0.410 e. The van der Waals surface area contributed by atoms with Gasteiger partial charge < -0.3 is 24.1 Å². The third-order valence-electron chi connectivity index (χ3n) is 7.91. The highest BCUT2D eigenvalue weighted by Crippen LogP contribution is 2.49. The smallest absolute Gasteiger partial charge is 0.410 e.